The van der Waals surface area contributed by atoms with Crippen LogP contribution in [-0.2, 0) is 0 Å². The van der Waals surface area contributed by atoms with Gasteiger partial charge in [0.15, 0.2) is 0 Å². The molecule has 3 nitrogen and oxygen atoms in total. The second-order valence-corrected chi connectivity index (χ2v) is 3.46. The molecule has 88 valence electrons. The van der Waals surface area contributed by atoms with Crippen LogP contribution in [0.3, 0.4) is 0 Å². The lowest BCUT2D eigenvalue weighted by Gasteiger charge is -2.04. The zero-order chi connectivity index (χ0) is 12.3. The molecule has 0 bridgehead atoms. The van der Waals surface area contributed by atoms with Crippen molar-refractivity contribution in [3.05, 3.63) is 42.0 Å². The number of nitrogens with one attached hydrogen (secondary N) is 1. The van der Waals surface area contributed by atoms with E-state index < -0.39 is 11.6 Å². The molecule has 0 aliphatic carbocycles. The van der Waals surface area contributed by atoms with Gasteiger partial charge >= 0.3 is 0 Å². The Morgan fingerprint density at radius 2 is 1.94 bits per heavy atom. The Balaban J connectivity index is 2.36. The Morgan fingerprint density at radius 3 is 2.59 bits per heavy atom. The summed E-state index contributed by atoms with van der Waals surface area (Å²) in [7, 11) is 0. The third kappa shape index (κ3) is 2.55. The van der Waals surface area contributed by atoms with Gasteiger partial charge in [0, 0.05) is 12.1 Å². The third-order valence-electron chi connectivity index (χ3n) is 2.23. The molecule has 1 heterocycles. The van der Waals surface area contributed by atoms with E-state index in [1.807, 2.05) is 6.92 Å². The van der Waals surface area contributed by atoms with Crippen molar-refractivity contribution in [2.24, 2.45) is 0 Å². The molecule has 0 atom stereocenters. The lowest BCUT2D eigenvalue weighted by Crippen LogP contribution is -2.01. The van der Waals surface area contributed by atoms with Crippen LogP contribution in [0.5, 0.6) is 0 Å². The molecule has 0 radical (unpaired) electrons. The van der Waals surface area contributed by atoms with E-state index >= 15 is 0 Å². The topological polar surface area (TPSA) is 37.8 Å². The van der Waals surface area contributed by atoms with Crippen LogP contribution < -0.4 is 5.32 Å². The molecular weight excluding hydrogens is 224 g/mol. The van der Waals surface area contributed by atoms with E-state index in [9.17, 15) is 8.78 Å². The largest absolute Gasteiger partial charge is 0.369 e. The van der Waals surface area contributed by atoms with E-state index in [-0.39, 0.29) is 5.56 Å². The van der Waals surface area contributed by atoms with Crippen LogP contribution in [0.1, 0.15) is 6.92 Å². The quantitative estimate of drug-likeness (QED) is 0.888. The van der Waals surface area contributed by atoms with E-state index in [1.165, 1.54) is 0 Å². The maximum atomic E-state index is 13.5. The van der Waals surface area contributed by atoms with Gasteiger partial charge in [-0.1, -0.05) is 0 Å². The minimum absolute atomic E-state index is 0.112. The summed E-state index contributed by atoms with van der Waals surface area (Å²) in [5.41, 5.74) is 0.421. The number of halogens is 2. The average molecular weight is 235 g/mol. The van der Waals surface area contributed by atoms with Crippen LogP contribution in [0.25, 0.3) is 11.3 Å². The molecule has 1 aromatic heterocycles. The number of rotatable bonds is 3. The summed E-state index contributed by atoms with van der Waals surface area (Å²) in [6.45, 7) is 2.66. The number of aromatic nitrogens is 2. The Labute approximate surface area is 97.5 Å². The molecule has 0 fully saturated rings. The van der Waals surface area contributed by atoms with Crippen LogP contribution in [0, 0.1) is 11.6 Å². The summed E-state index contributed by atoms with van der Waals surface area (Å²) >= 11 is 0. The maximum absolute atomic E-state index is 13.5. The zero-order valence-electron chi connectivity index (χ0n) is 9.24. The first-order valence-corrected chi connectivity index (χ1v) is 5.23. The number of benzene rings is 1. The minimum Gasteiger partial charge on any atom is -0.369 e. The van der Waals surface area contributed by atoms with Crippen molar-refractivity contribution in [1.82, 2.24) is 10.2 Å². The van der Waals surface area contributed by atoms with Crippen molar-refractivity contribution in [3.8, 4) is 11.3 Å². The lowest BCUT2D eigenvalue weighted by molar-refractivity contribution is 0.602. The Hall–Kier alpha value is -2.04. The highest BCUT2D eigenvalue weighted by molar-refractivity contribution is 5.60. The highest BCUT2D eigenvalue weighted by atomic mass is 19.1. The molecular formula is C12H11F2N3. The average Bonchev–Trinajstić information content (AvgIpc) is 2.34. The zero-order valence-corrected chi connectivity index (χ0v) is 9.24. The van der Waals surface area contributed by atoms with Gasteiger partial charge in [-0.15, -0.1) is 10.2 Å². The Morgan fingerprint density at radius 1 is 1.12 bits per heavy atom. The molecule has 1 aromatic carbocycles. The fourth-order valence-electron chi connectivity index (χ4n) is 1.45. The Bertz CT molecular complexity index is 512. The van der Waals surface area contributed by atoms with Crippen molar-refractivity contribution < 1.29 is 8.78 Å². The molecule has 2 aromatic rings. The van der Waals surface area contributed by atoms with Gasteiger partial charge in [0.05, 0.1) is 5.69 Å². The predicted molar refractivity (Wildman–Crippen MR) is 61.5 cm³/mol. The van der Waals surface area contributed by atoms with Crippen molar-refractivity contribution in [2.75, 3.05) is 11.9 Å². The highest BCUT2D eigenvalue weighted by Gasteiger charge is 2.08. The summed E-state index contributed by atoms with van der Waals surface area (Å²) in [5, 5.41) is 10.7. The summed E-state index contributed by atoms with van der Waals surface area (Å²) in [6, 6.07) is 6.52. The summed E-state index contributed by atoms with van der Waals surface area (Å²) < 4.78 is 26.5. The second-order valence-electron chi connectivity index (χ2n) is 3.46. The van der Waals surface area contributed by atoms with E-state index in [1.54, 1.807) is 12.1 Å². The number of anilines is 1. The van der Waals surface area contributed by atoms with E-state index in [0.717, 1.165) is 24.7 Å². The van der Waals surface area contributed by atoms with Crippen molar-refractivity contribution >= 4 is 5.82 Å². The molecule has 5 heteroatoms. The minimum atomic E-state index is -0.517. The van der Waals surface area contributed by atoms with Crippen LogP contribution >= 0.6 is 0 Å². The van der Waals surface area contributed by atoms with Gasteiger partial charge in [-0.25, -0.2) is 8.78 Å². The van der Waals surface area contributed by atoms with Crippen LogP contribution in [0.4, 0.5) is 14.6 Å². The smallest absolute Gasteiger partial charge is 0.148 e. The van der Waals surface area contributed by atoms with Gasteiger partial charge in [-0.05, 0) is 37.3 Å². The fourth-order valence-corrected chi connectivity index (χ4v) is 1.45. The summed E-state index contributed by atoms with van der Waals surface area (Å²) in [6.07, 6.45) is 0. The van der Waals surface area contributed by atoms with Crippen LogP contribution in [0.2, 0.25) is 0 Å². The maximum Gasteiger partial charge on any atom is 0.148 e. The lowest BCUT2D eigenvalue weighted by atomic mass is 10.1. The molecule has 0 aliphatic rings. The SMILES string of the molecule is CCNc1ccc(-c2cc(F)ccc2F)nn1. The van der Waals surface area contributed by atoms with Gasteiger partial charge < -0.3 is 5.32 Å². The highest BCUT2D eigenvalue weighted by Crippen LogP contribution is 2.21. The van der Waals surface area contributed by atoms with Crippen molar-refractivity contribution in [1.29, 1.82) is 0 Å². The first kappa shape index (κ1) is 11.4. The molecule has 1 N–H and O–H groups in total. The second kappa shape index (κ2) is 4.86. The normalized spacial score (nSPS) is 10.3. The standard InChI is InChI=1S/C12H11F2N3/c1-2-15-12-6-5-11(16-17-12)9-7-8(13)3-4-10(9)14/h3-7H,2H2,1H3,(H,15,17). The van der Waals surface area contributed by atoms with Crippen LogP contribution in [0.15, 0.2) is 30.3 Å². The van der Waals surface area contributed by atoms with Gasteiger partial charge in [0.1, 0.15) is 17.5 Å². The fraction of sp³-hybridized carbons (Fsp3) is 0.167. The van der Waals surface area contributed by atoms with Gasteiger partial charge in [0.2, 0.25) is 0 Å². The van der Waals surface area contributed by atoms with E-state index in [0.29, 0.717) is 11.5 Å². The first-order chi connectivity index (χ1) is 8.20. The number of hydrogen-bond acceptors (Lipinski definition) is 3. The molecule has 0 saturated carbocycles. The summed E-state index contributed by atoms with van der Waals surface area (Å²) in [5.74, 6) is -0.413. The Kier molecular flexibility index (Phi) is 3.27. The molecule has 0 saturated heterocycles. The first-order valence-electron chi connectivity index (χ1n) is 5.23. The van der Waals surface area contributed by atoms with Gasteiger partial charge in [-0.3, -0.25) is 0 Å². The van der Waals surface area contributed by atoms with Gasteiger partial charge in [0.25, 0.3) is 0 Å². The van der Waals surface area contributed by atoms with E-state index in [4.69, 9.17) is 0 Å². The molecule has 0 unspecified atom stereocenters. The van der Waals surface area contributed by atoms with Gasteiger partial charge in [-0.2, -0.15) is 0 Å². The number of hydrogen-bond donors (Lipinski definition) is 1. The molecule has 0 aliphatic heterocycles. The molecule has 0 amide bonds. The van der Waals surface area contributed by atoms with Crippen LogP contribution in [-0.4, -0.2) is 16.7 Å². The number of nitrogens with zero attached hydrogens (tertiary/aromatic N) is 2. The molecule has 17 heavy (non-hydrogen) atoms. The molecule has 2 rings (SSSR count). The monoisotopic (exact) mass is 235 g/mol. The van der Waals surface area contributed by atoms with Crippen molar-refractivity contribution in [3.63, 3.8) is 0 Å². The predicted octanol–water partition coefficient (Wildman–Crippen LogP) is 2.85. The van der Waals surface area contributed by atoms with Crippen molar-refractivity contribution in [2.45, 2.75) is 6.92 Å². The van der Waals surface area contributed by atoms with E-state index in [2.05, 4.69) is 15.5 Å². The third-order valence-corrected chi connectivity index (χ3v) is 2.23. The summed E-state index contributed by atoms with van der Waals surface area (Å²) in [4.78, 5) is 0. The molecule has 0 spiro atoms.